The van der Waals surface area contributed by atoms with Gasteiger partial charge in [0.1, 0.15) is 36.6 Å². The molecule has 2 saturated heterocycles. The van der Waals surface area contributed by atoms with Crippen molar-refractivity contribution in [2.24, 2.45) is 0 Å². The van der Waals surface area contributed by atoms with Gasteiger partial charge in [0, 0.05) is 0 Å². The van der Waals surface area contributed by atoms with Gasteiger partial charge >= 0.3 is 6.72 Å². The van der Waals surface area contributed by atoms with Crippen molar-refractivity contribution in [1.82, 2.24) is 0 Å². The zero-order chi connectivity index (χ0) is 23.1. The van der Waals surface area contributed by atoms with Gasteiger partial charge in [0.15, 0.2) is 8.32 Å². The van der Waals surface area contributed by atoms with E-state index in [0.29, 0.717) is 0 Å². The Labute approximate surface area is 185 Å². The summed E-state index contributed by atoms with van der Waals surface area (Å²) in [5.74, 6) is 0. The zero-order valence-corrected chi connectivity index (χ0v) is 21.4. The maximum atomic E-state index is 10.6. The third-order valence-corrected chi connectivity index (χ3v) is 12.3. The fraction of sp³-hybridized carbons (Fsp3) is 1.00. The minimum Gasteiger partial charge on any atom is -0.409 e. The summed E-state index contributed by atoms with van der Waals surface area (Å²) in [6, 6.07) is 0. The minimum atomic E-state index is -3.78. The van der Waals surface area contributed by atoms with Crippen LogP contribution in [0, 0.1) is 0 Å². The Morgan fingerprint density at radius 3 is 2.03 bits per heavy atom. The smallest absolute Gasteiger partial charge is 0.325 e. The Balaban J connectivity index is 2.08. The number of ether oxygens (including phenoxy) is 2. The van der Waals surface area contributed by atoms with Gasteiger partial charge in [-0.1, -0.05) is 20.8 Å². The summed E-state index contributed by atoms with van der Waals surface area (Å²) in [4.78, 5) is 10.6. The number of aliphatic hydroxyl groups excluding tert-OH is 3. The summed E-state index contributed by atoms with van der Waals surface area (Å²) in [7, 11) is -2.20. The van der Waals surface area contributed by atoms with E-state index in [0.717, 1.165) is 0 Å². The fourth-order valence-electron chi connectivity index (χ4n) is 3.29. The summed E-state index contributed by atoms with van der Waals surface area (Å²) < 4.78 is 28.9. The van der Waals surface area contributed by atoms with Crippen molar-refractivity contribution in [3.8, 4) is 0 Å². The summed E-state index contributed by atoms with van der Waals surface area (Å²) in [6.07, 6.45) is -6.01. The molecule has 0 bridgehead atoms. The summed E-state index contributed by atoms with van der Waals surface area (Å²) in [5.41, 5.74) is 0. The number of hydrogen-bond acceptors (Lipinski definition) is 9. The van der Waals surface area contributed by atoms with Crippen molar-refractivity contribution < 1.29 is 43.2 Å². The van der Waals surface area contributed by atoms with Crippen LogP contribution >= 0.6 is 6.72 Å². The third kappa shape index (κ3) is 6.09. The van der Waals surface area contributed by atoms with Crippen LogP contribution in [-0.2, 0) is 34.8 Å². The highest BCUT2D eigenvalue weighted by Crippen LogP contribution is 2.49. The van der Waals surface area contributed by atoms with Gasteiger partial charge in [-0.15, -0.1) is 0 Å². The number of aliphatic hydroxyl groups is 3. The molecule has 3 unspecified atom stereocenters. The van der Waals surface area contributed by atoms with E-state index in [4.69, 9.17) is 34.8 Å². The Hall–Kier alpha value is 0.507. The summed E-state index contributed by atoms with van der Waals surface area (Å²) in [5, 5.41) is 29.5. The molecule has 0 aromatic carbocycles. The first-order valence-electron chi connectivity index (χ1n) is 10.2. The summed E-state index contributed by atoms with van der Waals surface area (Å²) >= 11 is 5.16. The molecular formula is C18H37O9PSSi. The van der Waals surface area contributed by atoms with Crippen molar-refractivity contribution in [1.29, 1.82) is 0 Å². The van der Waals surface area contributed by atoms with Gasteiger partial charge in [0.2, 0.25) is 0 Å². The highest BCUT2D eigenvalue weighted by molar-refractivity contribution is 8.07. The molecule has 12 heteroatoms. The van der Waals surface area contributed by atoms with Crippen LogP contribution in [0.1, 0.15) is 34.6 Å². The molecule has 0 saturated carbocycles. The fourth-order valence-corrected chi connectivity index (χ4v) is 6.09. The SMILES string of the molecule is C[C@@H]1O[C@H](COP(O)(=S)OC2[C@@H](CO)O[C@@H](C)[C@H]2O[Si](C)(C)C(C)(C)C)C(O)[C@@H]1O. The number of hydrogen-bond donors (Lipinski definition) is 4. The van der Waals surface area contributed by atoms with Crippen LogP contribution in [0.25, 0.3) is 0 Å². The summed E-state index contributed by atoms with van der Waals surface area (Å²) in [6.45, 7) is 9.65. The van der Waals surface area contributed by atoms with Crippen molar-refractivity contribution in [3.63, 3.8) is 0 Å². The predicted octanol–water partition coefficient (Wildman–Crippen LogP) is 1.28. The molecular weight excluding hydrogens is 451 g/mol. The monoisotopic (exact) mass is 488 g/mol. The van der Waals surface area contributed by atoms with Crippen LogP contribution in [0.5, 0.6) is 0 Å². The van der Waals surface area contributed by atoms with Gasteiger partial charge in [-0.2, -0.15) is 0 Å². The van der Waals surface area contributed by atoms with E-state index >= 15 is 0 Å². The van der Waals surface area contributed by atoms with Crippen LogP contribution in [0.4, 0.5) is 0 Å². The molecule has 2 fully saturated rings. The maximum Gasteiger partial charge on any atom is 0.325 e. The standard InChI is InChI=1S/C18H37O9PSSi/c1-10-14(20)15(21)13(24-10)9-23-28(22,29)26-17-12(8-19)25-11(2)16(17)27-30(6,7)18(3,4)5/h10-17,19-21H,8-9H2,1-7H3,(H,22,29)/t10-,11-,12+,13+,14+,15?,16+,17?,28?/m0/s1. The Morgan fingerprint density at radius 1 is 1.00 bits per heavy atom. The van der Waals surface area contributed by atoms with E-state index < -0.39 is 57.8 Å². The second-order valence-corrected chi connectivity index (χ2v) is 17.1. The third-order valence-electron chi connectivity index (χ3n) is 6.22. The lowest BCUT2D eigenvalue weighted by Crippen LogP contribution is -2.49. The van der Waals surface area contributed by atoms with Crippen LogP contribution in [-0.4, -0.2) is 90.6 Å². The predicted molar refractivity (Wildman–Crippen MR) is 117 cm³/mol. The second kappa shape index (κ2) is 9.78. The molecule has 0 spiro atoms. The molecule has 2 rings (SSSR count). The minimum absolute atomic E-state index is 0.0576. The van der Waals surface area contributed by atoms with Gasteiger partial charge < -0.3 is 38.6 Å². The quantitative estimate of drug-likeness (QED) is 0.293. The van der Waals surface area contributed by atoms with Crippen molar-refractivity contribution >= 4 is 26.8 Å². The topological polar surface area (TPSA) is 127 Å². The van der Waals surface area contributed by atoms with Crippen molar-refractivity contribution in [2.45, 2.75) is 102 Å². The molecule has 4 N–H and O–H groups in total. The Kier molecular flexibility index (Phi) is 8.73. The first kappa shape index (κ1) is 26.8. The van der Waals surface area contributed by atoms with E-state index in [-0.39, 0.29) is 24.4 Å². The Bertz CT molecular complexity index is 631. The van der Waals surface area contributed by atoms with E-state index in [1.165, 1.54) is 0 Å². The molecule has 9 nitrogen and oxygen atoms in total. The number of rotatable bonds is 8. The largest absolute Gasteiger partial charge is 0.409 e. The van der Waals surface area contributed by atoms with Crippen LogP contribution in [0.2, 0.25) is 18.1 Å². The van der Waals surface area contributed by atoms with E-state index in [1.807, 2.05) is 6.92 Å². The van der Waals surface area contributed by atoms with Gasteiger partial charge in [0.25, 0.3) is 0 Å². The normalized spacial score (nSPS) is 40.0. The molecule has 0 aliphatic carbocycles. The van der Waals surface area contributed by atoms with E-state index in [9.17, 15) is 20.2 Å². The molecule has 0 aromatic heterocycles. The second-order valence-electron chi connectivity index (χ2n) is 9.60. The molecule has 178 valence electrons. The molecule has 2 heterocycles. The molecule has 2 aliphatic heterocycles. The van der Waals surface area contributed by atoms with E-state index in [2.05, 4.69) is 33.9 Å². The van der Waals surface area contributed by atoms with Crippen LogP contribution < -0.4 is 0 Å². The van der Waals surface area contributed by atoms with Crippen LogP contribution in [0.15, 0.2) is 0 Å². The molecule has 9 atom stereocenters. The van der Waals surface area contributed by atoms with Crippen molar-refractivity contribution in [2.75, 3.05) is 13.2 Å². The van der Waals surface area contributed by atoms with Gasteiger partial charge in [0.05, 0.1) is 25.4 Å². The van der Waals surface area contributed by atoms with Crippen molar-refractivity contribution in [3.05, 3.63) is 0 Å². The van der Waals surface area contributed by atoms with Gasteiger partial charge in [-0.3, -0.25) is 4.52 Å². The average Bonchev–Trinajstić information content (AvgIpc) is 3.03. The van der Waals surface area contributed by atoms with Gasteiger partial charge in [-0.05, 0) is 43.8 Å². The molecule has 30 heavy (non-hydrogen) atoms. The highest BCUT2D eigenvalue weighted by Gasteiger charge is 2.51. The molecule has 2 aliphatic rings. The molecule has 0 radical (unpaired) electrons. The zero-order valence-electron chi connectivity index (χ0n) is 18.7. The first-order valence-corrected chi connectivity index (χ1v) is 15.7. The van der Waals surface area contributed by atoms with Gasteiger partial charge in [-0.25, -0.2) is 0 Å². The lowest BCUT2D eigenvalue weighted by Gasteiger charge is -2.40. The molecule has 0 amide bonds. The highest BCUT2D eigenvalue weighted by atomic mass is 32.5. The lowest BCUT2D eigenvalue weighted by atomic mass is 10.1. The molecule has 0 aromatic rings. The van der Waals surface area contributed by atoms with E-state index in [1.54, 1.807) is 6.92 Å². The first-order chi connectivity index (χ1) is 13.6. The average molecular weight is 489 g/mol. The maximum absolute atomic E-state index is 10.6. The van der Waals surface area contributed by atoms with Crippen LogP contribution in [0.3, 0.4) is 0 Å². The Morgan fingerprint density at radius 2 is 1.57 bits per heavy atom. The lowest BCUT2D eigenvalue weighted by molar-refractivity contribution is -0.0293.